The van der Waals surface area contributed by atoms with Gasteiger partial charge in [-0.25, -0.2) is 4.39 Å². The first-order chi connectivity index (χ1) is 7.66. The molecule has 2 N–H and O–H groups in total. The molecular formula is C12H16ClFN2. The summed E-state index contributed by atoms with van der Waals surface area (Å²) in [5.74, 6) is -0.361. The smallest absolute Gasteiger partial charge is 0.141 e. The van der Waals surface area contributed by atoms with Crippen molar-refractivity contribution in [3.63, 3.8) is 0 Å². The molecule has 0 radical (unpaired) electrons. The normalized spacial score (nSPS) is 22.3. The highest BCUT2D eigenvalue weighted by Crippen LogP contribution is 2.21. The maximum Gasteiger partial charge on any atom is 0.141 e. The third-order valence-corrected chi connectivity index (χ3v) is 3.28. The molecule has 0 saturated carbocycles. The van der Waals surface area contributed by atoms with Gasteiger partial charge in [-0.2, -0.15) is 0 Å². The molecule has 1 aromatic carbocycles. The van der Waals surface area contributed by atoms with E-state index in [-0.39, 0.29) is 16.9 Å². The lowest BCUT2D eigenvalue weighted by atomic mass is 10.1. The van der Waals surface area contributed by atoms with E-state index in [1.54, 1.807) is 12.1 Å². The van der Waals surface area contributed by atoms with Crippen molar-refractivity contribution in [2.75, 3.05) is 13.1 Å². The van der Waals surface area contributed by atoms with Gasteiger partial charge >= 0.3 is 0 Å². The Hall–Kier alpha value is -0.640. The van der Waals surface area contributed by atoms with Gasteiger partial charge in [0.2, 0.25) is 0 Å². The molecule has 0 aliphatic carbocycles. The fourth-order valence-corrected chi connectivity index (χ4v) is 2.22. The summed E-state index contributed by atoms with van der Waals surface area (Å²) in [7, 11) is 0. The summed E-state index contributed by atoms with van der Waals surface area (Å²) in [4.78, 5) is 0. The second-order valence-electron chi connectivity index (χ2n) is 4.25. The van der Waals surface area contributed by atoms with E-state index in [2.05, 4.69) is 17.6 Å². The van der Waals surface area contributed by atoms with Gasteiger partial charge in [0.25, 0.3) is 0 Å². The zero-order valence-electron chi connectivity index (χ0n) is 9.26. The zero-order valence-corrected chi connectivity index (χ0v) is 10.0. The van der Waals surface area contributed by atoms with Gasteiger partial charge < -0.3 is 10.6 Å². The Labute approximate surface area is 100 Å². The molecule has 1 heterocycles. The van der Waals surface area contributed by atoms with Crippen LogP contribution in [0.25, 0.3) is 0 Å². The van der Waals surface area contributed by atoms with Crippen LogP contribution in [0.4, 0.5) is 4.39 Å². The molecule has 4 heteroatoms. The van der Waals surface area contributed by atoms with Gasteiger partial charge in [0, 0.05) is 18.6 Å². The van der Waals surface area contributed by atoms with Crippen LogP contribution >= 0.6 is 11.6 Å². The van der Waals surface area contributed by atoms with Crippen LogP contribution in [0.3, 0.4) is 0 Å². The van der Waals surface area contributed by atoms with E-state index in [9.17, 15) is 4.39 Å². The minimum atomic E-state index is -0.361. The molecule has 1 aromatic rings. The molecule has 0 amide bonds. The molecule has 1 saturated heterocycles. The van der Waals surface area contributed by atoms with Crippen molar-refractivity contribution in [1.29, 1.82) is 0 Å². The Kier molecular flexibility index (Phi) is 3.79. The highest BCUT2D eigenvalue weighted by atomic mass is 35.5. The minimum Gasteiger partial charge on any atom is -0.315 e. The summed E-state index contributed by atoms with van der Waals surface area (Å²) in [6.07, 6.45) is 1.14. The fraction of sp³-hybridized carbons (Fsp3) is 0.500. The molecule has 0 bridgehead atoms. The maximum absolute atomic E-state index is 13.0. The summed E-state index contributed by atoms with van der Waals surface area (Å²) in [6.45, 7) is 4.13. The van der Waals surface area contributed by atoms with Crippen molar-refractivity contribution in [3.05, 3.63) is 34.6 Å². The third kappa shape index (κ3) is 2.73. The van der Waals surface area contributed by atoms with Gasteiger partial charge in [0.1, 0.15) is 5.82 Å². The van der Waals surface area contributed by atoms with Crippen LogP contribution in [0.15, 0.2) is 18.2 Å². The standard InChI is InChI=1S/C12H16ClFN2/c1-8(16-10-4-5-15-7-10)9-2-3-12(14)11(13)6-9/h2-3,6,8,10,15-16H,4-5,7H2,1H3. The highest BCUT2D eigenvalue weighted by Gasteiger charge is 2.17. The molecule has 2 atom stereocenters. The van der Waals surface area contributed by atoms with Crippen LogP contribution in [-0.2, 0) is 0 Å². The Morgan fingerprint density at radius 3 is 3.00 bits per heavy atom. The Bertz CT molecular complexity index is 364. The first-order valence-corrected chi connectivity index (χ1v) is 5.96. The van der Waals surface area contributed by atoms with Gasteiger partial charge in [-0.3, -0.25) is 0 Å². The van der Waals surface area contributed by atoms with Crippen LogP contribution in [-0.4, -0.2) is 19.1 Å². The van der Waals surface area contributed by atoms with E-state index in [4.69, 9.17) is 11.6 Å². The van der Waals surface area contributed by atoms with Crippen LogP contribution in [0.1, 0.15) is 24.9 Å². The average molecular weight is 243 g/mol. The van der Waals surface area contributed by atoms with Gasteiger partial charge in [0.15, 0.2) is 0 Å². The average Bonchev–Trinajstić information content (AvgIpc) is 2.74. The van der Waals surface area contributed by atoms with Crippen LogP contribution in [0.2, 0.25) is 5.02 Å². The fourth-order valence-electron chi connectivity index (χ4n) is 2.03. The summed E-state index contributed by atoms with van der Waals surface area (Å²) < 4.78 is 13.0. The lowest BCUT2D eigenvalue weighted by Gasteiger charge is -2.19. The SMILES string of the molecule is CC(NC1CCNC1)c1ccc(F)c(Cl)c1. The zero-order chi connectivity index (χ0) is 11.5. The van der Waals surface area contributed by atoms with Gasteiger partial charge in [-0.1, -0.05) is 17.7 Å². The molecule has 0 aromatic heterocycles. The molecule has 2 nitrogen and oxygen atoms in total. The van der Waals surface area contributed by atoms with Gasteiger partial charge in [-0.15, -0.1) is 0 Å². The summed E-state index contributed by atoms with van der Waals surface area (Å²) >= 11 is 5.76. The molecule has 1 aliphatic heterocycles. The molecular weight excluding hydrogens is 227 g/mol. The van der Waals surface area contributed by atoms with Crippen molar-refractivity contribution >= 4 is 11.6 Å². The van der Waals surface area contributed by atoms with Crippen molar-refractivity contribution in [2.24, 2.45) is 0 Å². The predicted octanol–water partition coefficient (Wildman–Crippen LogP) is 2.49. The molecule has 1 aliphatic rings. The molecule has 1 fully saturated rings. The highest BCUT2D eigenvalue weighted by molar-refractivity contribution is 6.30. The second kappa shape index (κ2) is 5.13. The van der Waals surface area contributed by atoms with Crippen LogP contribution in [0.5, 0.6) is 0 Å². The third-order valence-electron chi connectivity index (χ3n) is 2.99. The molecule has 2 unspecified atom stereocenters. The molecule has 16 heavy (non-hydrogen) atoms. The first kappa shape index (κ1) is 11.8. The van der Waals surface area contributed by atoms with E-state index in [1.807, 2.05) is 0 Å². The predicted molar refractivity (Wildman–Crippen MR) is 64.2 cm³/mol. The van der Waals surface area contributed by atoms with E-state index in [0.29, 0.717) is 6.04 Å². The number of hydrogen-bond acceptors (Lipinski definition) is 2. The van der Waals surface area contributed by atoms with E-state index in [0.717, 1.165) is 25.1 Å². The topological polar surface area (TPSA) is 24.1 Å². The monoisotopic (exact) mass is 242 g/mol. The van der Waals surface area contributed by atoms with Crippen molar-refractivity contribution in [1.82, 2.24) is 10.6 Å². The van der Waals surface area contributed by atoms with Crippen LogP contribution < -0.4 is 10.6 Å². The number of nitrogens with one attached hydrogen (secondary N) is 2. The van der Waals surface area contributed by atoms with Crippen molar-refractivity contribution in [3.8, 4) is 0 Å². The molecule has 0 spiro atoms. The maximum atomic E-state index is 13.0. The van der Waals surface area contributed by atoms with E-state index < -0.39 is 0 Å². The first-order valence-electron chi connectivity index (χ1n) is 5.58. The molecule has 88 valence electrons. The number of rotatable bonds is 3. The lowest BCUT2D eigenvalue weighted by molar-refractivity contribution is 0.478. The van der Waals surface area contributed by atoms with Crippen molar-refractivity contribution < 1.29 is 4.39 Å². The Morgan fingerprint density at radius 2 is 2.38 bits per heavy atom. The summed E-state index contributed by atoms with van der Waals surface area (Å²) in [5.41, 5.74) is 1.03. The van der Waals surface area contributed by atoms with Gasteiger partial charge in [0.05, 0.1) is 5.02 Å². The van der Waals surface area contributed by atoms with E-state index in [1.165, 1.54) is 6.07 Å². The van der Waals surface area contributed by atoms with Crippen molar-refractivity contribution in [2.45, 2.75) is 25.4 Å². The Balaban J connectivity index is 2.02. The largest absolute Gasteiger partial charge is 0.315 e. The number of benzene rings is 1. The number of halogens is 2. The van der Waals surface area contributed by atoms with E-state index >= 15 is 0 Å². The second-order valence-corrected chi connectivity index (χ2v) is 4.66. The number of hydrogen-bond donors (Lipinski definition) is 2. The quantitative estimate of drug-likeness (QED) is 0.851. The Morgan fingerprint density at radius 1 is 1.56 bits per heavy atom. The molecule has 2 rings (SSSR count). The minimum absolute atomic E-state index is 0.190. The summed E-state index contributed by atoms with van der Waals surface area (Å²) in [6, 6.07) is 5.59. The van der Waals surface area contributed by atoms with Gasteiger partial charge in [-0.05, 0) is 37.6 Å². The van der Waals surface area contributed by atoms with Crippen LogP contribution in [0, 0.1) is 5.82 Å². The lowest BCUT2D eigenvalue weighted by Crippen LogP contribution is -2.33. The summed E-state index contributed by atoms with van der Waals surface area (Å²) in [5, 5.41) is 6.99.